The number of thiophene rings is 1. The van der Waals surface area contributed by atoms with Crippen molar-refractivity contribution < 1.29 is 0 Å². The molecule has 0 unspecified atom stereocenters. The summed E-state index contributed by atoms with van der Waals surface area (Å²) in [6, 6.07) is 8.62. The van der Waals surface area contributed by atoms with Crippen LogP contribution < -0.4 is 0 Å². The average Bonchev–Trinajstić information content (AvgIpc) is 2.46. The molecule has 1 aromatic heterocycles. The molecule has 2 rings (SSSR count). The number of aryl methyl sites for hydroxylation is 2. The monoisotopic (exact) mass is 254 g/mol. The lowest BCUT2D eigenvalue weighted by Gasteiger charge is -1.93. The van der Waals surface area contributed by atoms with Gasteiger partial charge < -0.3 is 0 Å². The zero-order chi connectivity index (χ0) is 9.26. The second kappa shape index (κ2) is 3.81. The van der Waals surface area contributed by atoms with Crippen LogP contribution in [0.3, 0.4) is 0 Å². The molecule has 0 saturated carbocycles. The number of alkyl halides is 1. The Hall–Kier alpha value is -0.340. The van der Waals surface area contributed by atoms with Crippen molar-refractivity contribution in [1.82, 2.24) is 0 Å². The Kier molecular flexibility index (Phi) is 2.70. The first-order valence-electron chi connectivity index (χ1n) is 4.36. The summed E-state index contributed by atoms with van der Waals surface area (Å²) < 4.78 is 1.41. The van der Waals surface area contributed by atoms with E-state index in [0.717, 1.165) is 11.8 Å². The molecule has 0 spiro atoms. The number of fused-ring (bicyclic) bond motifs is 1. The summed E-state index contributed by atoms with van der Waals surface area (Å²) in [5.74, 6) is 0. The SMILES string of the molecule is Cc1c(CCBr)sc2ccccc12. The van der Waals surface area contributed by atoms with Crippen LogP contribution in [0.4, 0.5) is 0 Å². The minimum Gasteiger partial charge on any atom is -0.140 e. The summed E-state index contributed by atoms with van der Waals surface area (Å²) >= 11 is 5.40. The van der Waals surface area contributed by atoms with Gasteiger partial charge in [-0.2, -0.15) is 0 Å². The Labute approximate surface area is 90.7 Å². The van der Waals surface area contributed by atoms with Crippen molar-refractivity contribution in [3.63, 3.8) is 0 Å². The quantitative estimate of drug-likeness (QED) is 0.707. The minimum atomic E-state index is 1.06. The van der Waals surface area contributed by atoms with Crippen molar-refractivity contribution in [2.75, 3.05) is 5.33 Å². The Morgan fingerprint density at radius 3 is 2.77 bits per heavy atom. The van der Waals surface area contributed by atoms with Gasteiger partial charge in [0.25, 0.3) is 0 Å². The van der Waals surface area contributed by atoms with Crippen LogP contribution in [0, 0.1) is 6.92 Å². The van der Waals surface area contributed by atoms with Crippen LogP contribution in [0.2, 0.25) is 0 Å². The summed E-state index contributed by atoms with van der Waals surface area (Å²) in [5, 5.41) is 2.48. The van der Waals surface area contributed by atoms with Crippen molar-refractivity contribution >= 4 is 37.4 Å². The van der Waals surface area contributed by atoms with Gasteiger partial charge >= 0.3 is 0 Å². The molecular weight excluding hydrogens is 244 g/mol. The van der Waals surface area contributed by atoms with E-state index in [1.54, 1.807) is 0 Å². The van der Waals surface area contributed by atoms with Gasteiger partial charge in [0.05, 0.1) is 0 Å². The highest BCUT2D eigenvalue weighted by atomic mass is 79.9. The molecule has 68 valence electrons. The maximum Gasteiger partial charge on any atom is 0.0348 e. The molecule has 0 saturated heterocycles. The Morgan fingerprint density at radius 2 is 2.08 bits per heavy atom. The van der Waals surface area contributed by atoms with Gasteiger partial charge in [0, 0.05) is 14.9 Å². The molecule has 0 amide bonds. The topological polar surface area (TPSA) is 0 Å². The molecule has 0 fully saturated rings. The zero-order valence-corrected chi connectivity index (χ0v) is 9.91. The third-order valence-electron chi connectivity index (χ3n) is 2.26. The van der Waals surface area contributed by atoms with Crippen LogP contribution >= 0.6 is 27.3 Å². The predicted molar refractivity (Wildman–Crippen MR) is 64.1 cm³/mol. The second-order valence-electron chi connectivity index (χ2n) is 3.09. The van der Waals surface area contributed by atoms with E-state index in [4.69, 9.17) is 0 Å². The van der Waals surface area contributed by atoms with Gasteiger partial charge in [-0.25, -0.2) is 0 Å². The highest BCUT2D eigenvalue weighted by Crippen LogP contribution is 2.30. The molecular formula is C11H11BrS. The van der Waals surface area contributed by atoms with Gasteiger partial charge in [0.15, 0.2) is 0 Å². The van der Waals surface area contributed by atoms with Crippen molar-refractivity contribution in [3.05, 3.63) is 34.7 Å². The third-order valence-corrected chi connectivity index (χ3v) is 3.99. The van der Waals surface area contributed by atoms with Gasteiger partial charge in [-0.15, -0.1) is 11.3 Å². The number of benzene rings is 1. The lowest BCUT2D eigenvalue weighted by atomic mass is 10.1. The molecule has 0 aliphatic rings. The van der Waals surface area contributed by atoms with Crippen LogP contribution in [-0.4, -0.2) is 5.33 Å². The van der Waals surface area contributed by atoms with Crippen LogP contribution in [-0.2, 0) is 6.42 Å². The fraction of sp³-hybridized carbons (Fsp3) is 0.273. The lowest BCUT2D eigenvalue weighted by molar-refractivity contribution is 1.19. The molecule has 0 N–H and O–H groups in total. The van der Waals surface area contributed by atoms with Crippen molar-refractivity contribution in [3.8, 4) is 0 Å². The Balaban J connectivity index is 2.60. The maximum absolute atomic E-state index is 3.48. The van der Waals surface area contributed by atoms with Crippen molar-refractivity contribution in [2.24, 2.45) is 0 Å². The predicted octanol–water partition coefficient (Wildman–Crippen LogP) is 4.15. The lowest BCUT2D eigenvalue weighted by Crippen LogP contribution is -1.82. The van der Waals surface area contributed by atoms with Crippen LogP contribution in [0.15, 0.2) is 24.3 Å². The van der Waals surface area contributed by atoms with E-state index >= 15 is 0 Å². The molecule has 2 heteroatoms. The zero-order valence-electron chi connectivity index (χ0n) is 7.51. The number of rotatable bonds is 2. The van der Waals surface area contributed by atoms with E-state index in [-0.39, 0.29) is 0 Å². The van der Waals surface area contributed by atoms with Crippen molar-refractivity contribution in [1.29, 1.82) is 0 Å². The van der Waals surface area contributed by atoms with Gasteiger partial charge in [-0.3, -0.25) is 0 Å². The van der Waals surface area contributed by atoms with Crippen LogP contribution in [0.25, 0.3) is 10.1 Å². The van der Waals surface area contributed by atoms with E-state index in [9.17, 15) is 0 Å². The maximum atomic E-state index is 3.48. The normalized spacial score (nSPS) is 10.9. The van der Waals surface area contributed by atoms with E-state index in [1.165, 1.54) is 20.5 Å². The van der Waals surface area contributed by atoms with Gasteiger partial charge in [-0.1, -0.05) is 34.1 Å². The highest BCUT2D eigenvalue weighted by molar-refractivity contribution is 9.09. The fourth-order valence-corrected chi connectivity index (χ4v) is 3.42. The largest absolute Gasteiger partial charge is 0.140 e. The summed E-state index contributed by atoms with van der Waals surface area (Å²) in [6.07, 6.45) is 1.14. The molecule has 0 aliphatic heterocycles. The first kappa shape index (κ1) is 9.22. The third kappa shape index (κ3) is 1.65. The summed E-state index contributed by atoms with van der Waals surface area (Å²) in [5.41, 5.74) is 1.46. The summed E-state index contributed by atoms with van der Waals surface area (Å²) in [4.78, 5) is 1.51. The molecule has 0 bridgehead atoms. The first-order chi connectivity index (χ1) is 6.33. The highest BCUT2D eigenvalue weighted by Gasteiger charge is 2.05. The first-order valence-corrected chi connectivity index (χ1v) is 6.29. The summed E-state index contributed by atoms with van der Waals surface area (Å²) in [7, 11) is 0. The Bertz CT molecular complexity index is 417. The van der Waals surface area contributed by atoms with Crippen molar-refractivity contribution in [2.45, 2.75) is 13.3 Å². The average molecular weight is 255 g/mol. The minimum absolute atomic E-state index is 1.06. The van der Waals surface area contributed by atoms with E-state index < -0.39 is 0 Å². The molecule has 2 aromatic rings. The number of halogens is 1. The van der Waals surface area contributed by atoms with Gasteiger partial charge in [-0.05, 0) is 30.4 Å². The number of hydrogen-bond acceptors (Lipinski definition) is 1. The summed E-state index contributed by atoms with van der Waals surface area (Å²) in [6.45, 7) is 2.22. The van der Waals surface area contributed by atoms with Crippen LogP contribution in [0.1, 0.15) is 10.4 Å². The second-order valence-corrected chi connectivity index (χ2v) is 5.02. The molecule has 0 nitrogen and oxygen atoms in total. The van der Waals surface area contributed by atoms with Gasteiger partial charge in [0.2, 0.25) is 0 Å². The standard InChI is InChI=1S/C11H11BrS/c1-8-9-4-2-3-5-11(9)13-10(8)6-7-12/h2-5H,6-7H2,1H3. The Morgan fingerprint density at radius 1 is 1.31 bits per heavy atom. The van der Waals surface area contributed by atoms with Gasteiger partial charge in [0.1, 0.15) is 0 Å². The fourth-order valence-electron chi connectivity index (χ4n) is 1.55. The number of hydrogen-bond donors (Lipinski definition) is 0. The smallest absolute Gasteiger partial charge is 0.0348 e. The molecule has 0 atom stereocenters. The van der Waals surface area contributed by atoms with E-state index in [0.29, 0.717) is 0 Å². The van der Waals surface area contributed by atoms with E-state index in [1.807, 2.05) is 11.3 Å². The van der Waals surface area contributed by atoms with E-state index in [2.05, 4.69) is 47.1 Å². The molecule has 1 aromatic carbocycles. The van der Waals surface area contributed by atoms with Crippen LogP contribution in [0.5, 0.6) is 0 Å². The molecule has 0 radical (unpaired) electrons. The molecule has 13 heavy (non-hydrogen) atoms. The molecule has 0 aliphatic carbocycles. The molecule has 1 heterocycles.